The molecule has 0 fully saturated rings. The summed E-state index contributed by atoms with van der Waals surface area (Å²) in [6.07, 6.45) is 1.62. The van der Waals surface area contributed by atoms with Crippen molar-refractivity contribution in [3.05, 3.63) is 70.3 Å². The van der Waals surface area contributed by atoms with Gasteiger partial charge >= 0.3 is 0 Å². The lowest BCUT2D eigenvalue weighted by Gasteiger charge is -2.04. The fourth-order valence-corrected chi connectivity index (χ4v) is 2.07. The minimum atomic E-state index is -0.289. The van der Waals surface area contributed by atoms with E-state index in [1.165, 1.54) is 5.56 Å². The first-order valence-electron chi connectivity index (χ1n) is 6.93. The highest BCUT2D eigenvalue weighted by Gasteiger charge is 2.12. The lowest BCUT2D eigenvalue weighted by Crippen LogP contribution is -2.02. The zero-order chi connectivity index (χ0) is 16.1. The first-order chi connectivity index (χ1) is 10.5. The maximum absolute atomic E-state index is 12.4. The van der Waals surface area contributed by atoms with Crippen molar-refractivity contribution in [2.24, 2.45) is 0 Å². The van der Waals surface area contributed by atoms with Crippen molar-refractivity contribution < 1.29 is 9.53 Å². The van der Waals surface area contributed by atoms with E-state index in [1.54, 1.807) is 37.5 Å². The summed E-state index contributed by atoms with van der Waals surface area (Å²) in [5.41, 5.74) is 3.74. The number of benzene rings is 2. The molecule has 0 saturated heterocycles. The van der Waals surface area contributed by atoms with E-state index >= 15 is 0 Å². The van der Waals surface area contributed by atoms with Crippen molar-refractivity contribution in [2.45, 2.75) is 13.8 Å². The Morgan fingerprint density at radius 1 is 1.09 bits per heavy atom. The number of nitrogens with zero attached hydrogens (tertiary/aromatic N) is 1. The van der Waals surface area contributed by atoms with Crippen LogP contribution in [0.25, 0.3) is 6.08 Å². The number of hydrogen-bond acceptors (Lipinski definition) is 3. The monoisotopic (exact) mass is 291 g/mol. The molecule has 0 aliphatic rings. The van der Waals surface area contributed by atoms with Crippen LogP contribution < -0.4 is 4.74 Å². The second kappa shape index (κ2) is 6.73. The molecule has 0 bridgehead atoms. The second-order valence-corrected chi connectivity index (χ2v) is 5.07. The molecular weight excluding hydrogens is 274 g/mol. The van der Waals surface area contributed by atoms with Crippen molar-refractivity contribution >= 4 is 11.9 Å². The third-order valence-electron chi connectivity index (χ3n) is 3.56. The Labute approximate surface area is 130 Å². The van der Waals surface area contributed by atoms with Crippen LogP contribution in [0, 0.1) is 25.2 Å². The van der Waals surface area contributed by atoms with Crippen LogP contribution in [0.5, 0.6) is 5.75 Å². The van der Waals surface area contributed by atoms with Gasteiger partial charge in [0.1, 0.15) is 17.4 Å². The van der Waals surface area contributed by atoms with Gasteiger partial charge in [-0.25, -0.2) is 0 Å². The highest BCUT2D eigenvalue weighted by atomic mass is 16.5. The minimum absolute atomic E-state index is 0.119. The molecule has 0 N–H and O–H groups in total. The van der Waals surface area contributed by atoms with Gasteiger partial charge < -0.3 is 4.74 Å². The molecule has 0 unspecified atom stereocenters. The standard InChI is InChI=1S/C19H17NO2/c1-13-4-5-15(10-14(13)2)11-17(12-20)19(21)16-6-8-18(22-3)9-7-16/h4-11H,1-3H3. The molecule has 0 amide bonds. The number of rotatable bonds is 4. The van der Waals surface area contributed by atoms with E-state index in [1.807, 2.05) is 38.1 Å². The predicted octanol–water partition coefficient (Wildman–Crippen LogP) is 4.10. The minimum Gasteiger partial charge on any atom is -0.497 e. The number of ketones is 1. The highest BCUT2D eigenvalue weighted by Crippen LogP contribution is 2.17. The maximum Gasteiger partial charge on any atom is 0.203 e. The molecule has 2 rings (SSSR count). The number of carbonyl (C=O) groups excluding carboxylic acids is 1. The third-order valence-corrected chi connectivity index (χ3v) is 3.56. The lowest BCUT2D eigenvalue weighted by atomic mass is 10.00. The summed E-state index contributed by atoms with van der Waals surface area (Å²) in [5, 5.41) is 9.28. The Morgan fingerprint density at radius 3 is 2.32 bits per heavy atom. The van der Waals surface area contributed by atoms with E-state index in [9.17, 15) is 10.1 Å². The second-order valence-electron chi connectivity index (χ2n) is 5.07. The average Bonchev–Trinajstić information content (AvgIpc) is 2.55. The first-order valence-corrected chi connectivity index (χ1v) is 6.93. The molecule has 0 aromatic heterocycles. The zero-order valence-corrected chi connectivity index (χ0v) is 12.9. The Bertz CT molecular complexity index is 765. The molecule has 0 spiro atoms. The van der Waals surface area contributed by atoms with Crippen LogP contribution in [0.2, 0.25) is 0 Å². The van der Waals surface area contributed by atoms with Gasteiger partial charge in [0.2, 0.25) is 5.78 Å². The molecule has 0 radical (unpaired) electrons. The van der Waals surface area contributed by atoms with Crippen LogP contribution in [-0.2, 0) is 0 Å². The predicted molar refractivity (Wildman–Crippen MR) is 86.8 cm³/mol. The number of ether oxygens (including phenoxy) is 1. The smallest absolute Gasteiger partial charge is 0.203 e. The molecule has 0 aliphatic carbocycles. The van der Waals surface area contributed by atoms with E-state index in [4.69, 9.17) is 4.74 Å². The van der Waals surface area contributed by atoms with E-state index < -0.39 is 0 Å². The highest BCUT2D eigenvalue weighted by molar-refractivity contribution is 6.14. The molecule has 22 heavy (non-hydrogen) atoms. The SMILES string of the molecule is COc1ccc(C(=O)C(C#N)=Cc2ccc(C)c(C)c2)cc1. The molecule has 0 saturated carbocycles. The van der Waals surface area contributed by atoms with Gasteiger partial charge in [-0.3, -0.25) is 4.79 Å². The molecule has 2 aromatic carbocycles. The molecule has 3 nitrogen and oxygen atoms in total. The fraction of sp³-hybridized carbons (Fsp3) is 0.158. The topological polar surface area (TPSA) is 50.1 Å². The van der Waals surface area contributed by atoms with E-state index in [0.29, 0.717) is 11.3 Å². The number of methoxy groups -OCH3 is 1. The summed E-state index contributed by atoms with van der Waals surface area (Å²) in [4.78, 5) is 12.4. The number of hydrogen-bond donors (Lipinski definition) is 0. The number of nitriles is 1. The summed E-state index contributed by atoms with van der Waals surface area (Å²) >= 11 is 0. The third kappa shape index (κ3) is 3.42. The number of allylic oxidation sites excluding steroid dienone is 1. The Balaban J connectivity index is 2.33. The average molecular weight is 291 g/mol. The van der Waals surface area contributed by atoms with Gasteiger partial charge in [0.15, 0.2) is 0 Å². The van der Waals surface area contributed by atoms with Gasteiger partial charge in [0.05, 0.1) is 7.11 Å². The molecule has 0 aliphatic heterocycles. The van der Waals surface area contributed by atoms with Crippen LogP contribution in [-0.4, -0.2) is 12.9 Å². The molecule has 3 heteroatoms. The summed E-state index contributed by atoms with van der Waals surface area (Å²) in [6, 6.07) is 14.6. The van der Waals surface area contributed by atoms with Crippen LogP contribution in [0.3, 0.4) is 0 Å². The largest absolute Gasteiger partial charge is 0.497 e. The van der Waals surface area contributed by atoms with Gasteiger partial charge in [0.25, 0.3) is 0 Å². The van der Waals surface area contributed by atoms with Gasteiger partial charge in [-0.2, -0.15) is 5.26 Å². The van der Waals surface area contributed by atoms with Gasteiger partial charge in [-0.05, 0) is 60.9 Å². The van der Waals surface area contributed by atoms with Crippen LogP contribution in [0.4, 0.5) is 0 Å². The van der Waals surface area contributed by atoms with Crippen LogP contribution in [0.1, 0.15) is 27.0 Å². The number of aryl methyl sites for hydroxylation is 2. The summed E-state index contributed by atoms with van der Waals surface area (Å²) in [6.45, 7) is 4.03. The fourth-order valence-electron chi connectivity index (χ4n) is 2.07. The first kappa shape index (κ1) is 15.5. The van der Waals surface area contributed by atoms with E-state index in [2.05, 4.69) is 0 Å². The Kier molecular flexibility index (Phi) is 4.75. The quantitative estimate of drug-likeness (QED) is 0.484. The van der Waals surface area contributed by atoms with Crippen molar-refractivity contribution in [2.75, 3.05) is 7.11 Å². The summed E-state index contributed by atoms with van der Waals surface area (Å²) < 4.78 is 5.06. The van der Waals surface area contributed by atoms with E-state index in [0.717, 1.165) is 11.1 Å². The maximum atomic E-state index is 12.4. The van der Waals surface area contributed by atoms with Gasteiger partial charge in [-0.15, -0.1) is 0 Å². The normalized spacial score (nSPS) is 10.9. The lowest BCUT2D eigenvalue weighted by molar-refractivity contribution is 0.104. The summed E-state index contributed by atoms with van der Waals surface area (Å²) in [7, 11) is 1.57. The number of Topliss-reactive ketones (excluding diaryl/α,β-unsaturated/α-hetero) is 1. The number of carbonyl (C=O) groups is 1. The van der Waals surface area contributed by atoms with Crippen molar-refractivity contribution in [1.82, 2.24) is 0 Å². The van der Waals surface area contributed by atoms with E-state index in [-0.39, 0.29) is 11.4 Å². The molecular formula is C19H17NO2. The van der Waals surface area contributed by atoms with Crippen LogP contribution in [0.15, 0.2) is 48.0 Å². The Hall–Kier alpha value is -2.86. The van der Waals surface area contributed by atoms with Gasteiger partial charge in [-0.1, -0.05) is 18.2 Å². The van der Waals surface area contributed by atoms with Crippen molar-refractivity contribution in [3.63, 3.8) is 0 Å². The van der Waals surface area contributed by atoms with Crippen molar-refractivity contribution in [1.29, 1.82) is 5.26 Å². The Morgan fingerprint density at radius 2 is 1.77 bits per heavy atom. The molecule has 110 valence electrons. The summed E-state index contributed by atoms with van der Waals surface area (Å²) in [5.74, 6) is 0.386. The van der Waals surface area contributed by atoms with Crippen LogP contribution >= 0.6 is 0 Å². The van der Waals surface area contributed by atoms with Crippen molar-refractivity contribution in [3.8, 4) is 11.8 Å². The molecule has 0 heterocycles. The molecule has 0 atom stereocenters. The zero-order valence-electron chi connectivity index (χ0n) is 12.9. The molecule has 2 aromatic rings. The van der Waals surface area contributed by atoms with Gasteiger partial charge in [0, 0.05) is 5.56 Å².